The topological polar surface area (TPSA) is 60.2 Å². The standard InChI is InChI=1S/C10H9NO3/c12-6-9-5-8(7-1-2-7)3-4-10(9)11(13)14/h3-7H,1-2H2. The molecule has 1 aromatic rings. The van der Waals surface area contributed by atoms with Crippen LogP contribution in [0.2, 0.25) is 0 Å². The third-order valence-electron chi connectivity index (χ3n) is 2.42. The van der Waals surface area contributed by atoms with Crippen LogP contribution in [0.15, 0.2) is 18.2 Å². The van der Waals surface area contributed by atoms with Gasteiger partial charge in [-0.2, -0.15) is 0 Å². The van der Waals surface area contributed by atoms with Crippen molar-refractivity contribution in [3.63, 3.8) is 0 Å². The fourth-order valence-corrected chi connectivity index (χ4v) is 1.50. The molecule has 2 rings (SSSR count). The fraction of sp³-hybridized carbons (Fsp3) is 0.300. The maximum absolute atomic E-state index is 10.6. The van der Waals surface area contributed by atoms with E-state index in [1.54, 1.807) is 12.1 Å². The quantitative estimate of drug-likeness (QED) is 0.418. The minimum absolute atomic E-state index is 0.107. The number of hydrogen-bond acceptors (Lipinski definition) is 3. The Morgan fingerprint density at radius 2 is 2.14 bits per heavy atom. The second-order valence-electron chi connectivity index (χ2n) is 3.47. The zero-order chi connectivity index (χ0) is 10.1. The summed E-state index contributed by atoms with van der Waals surface area (Å²) in [6.45, 7) is 0. The van der Waals surface area contributed by atoms with Crippen LogP contribution in [0, 0.1) is 10.1 Å². The molecule has 0 aromatic heterocycles. The molecule has 72 valence electrons. The summed E-state index contributed by atoms with van der Waals surface area (Å²) in [5.74, 6) is 0.509. The third kappa shape index (κ3) is 1.51. The van der Waals surface area contributed by atoms with Gasteiger partial charge in [-0.3, -0.25) is 14.9 Å². The van der Waals surface area contributed by atoms with Crippen molar-refractivity contribution in [3.8, 4) is 0 Å². The van der Waals surface area contributed by atoms with Gasteiger partial charge in [0.2, 0.25) is 0 Å². The van der Waals surface area contributed by atoms with Crippen molar-refractivity contribution in [2.75, 3.05) is 0 Å². The van der Waals surface area contributed by atoms with Crippen molar-refractivity contribution in [1.82, 2.24) is 0 Å². The number of carbonyl (C=O) groups excluding carboxylic acids is 1. The highest BCUT2D eigenvalue weighted by atomic mass is 16.6. The van der Waals surface area contributed by atoms with Gasteiger partial charge >= 0.3 is 0 Å². The molecule has 0 spiro atoms. The maximum Gasteiger partial charge on any atom is 0.279 e. The predicted octanol–water partition coefficient (Wildman–Crippen LogP) is 2.28. The molecule has 0 amide bonds. The van der Waals surface area contributed by atoms with Crippen molar-refractivity contribution in [2.24, 2.45) is 0 Å². The van der Waals surface area contributed by atoms with E-state index in [2.05, 4.69) is 0 Å². The molecule has 0 unspecified atom stereocenters. The van der Waals surface area contributed by atoms with Crippen LogP contribution in [0.1, 0.15) is 34.7 Å². The zero-order valence-corrected chi connectivity index (χ0v) is 7.47. The number of rotatable bonds is 3. The monoisotopic (exact) mass is 191 g/mol. The van der Waals surface area contributed by atoms with Gasteiger partial charge in [0.05, 0.1) is 10.5 Å². The van der Waals surface area contributed by atoms with Gasteiger partial charge < -0.3 is 0 Å². The van der Waals surface area contributed by atoms with Crippen LogP contribution in [0.25, 0.3) is 0 Å². The Kier molecular flexibility index (Phi) is 2.04. The highest BCUT2D eigenvalue weighted by Crippen LogP contribution is 2.40. The Morgan fingerprint density at radius 3 is 2.64 bits per heavy atom. The molecular weight excluding hydrogens is 182 g/mol. The van der Waals surface area contributed by atoms with E-state index in [4.69, 9.17) is 0 Å². The lowest BCUT2D eigenvalue weighted by Crippen LogP contribution is -1.95. The molecule has 4 heteroatoms. The van der Waals surface area contributed by atoms with Crippen molar-refractivity contribution in [3.05, 3.63) is 39.4 Å². The summed E-state index contributed by atoms with van der Waals surface area (Å²) in [6, 6.07) is 4.78. The van der Waals surface area contributed by atoms with Gasteiger partial charge in [0.1, 0.15) is 0 Å². The van der Waals surface area contributed by atoms with Crippen LogP contribution in [0.3, 0.4) is 0 Å². The molecule has 0 saturated heterocycles. The Bertz CT molecular complexity index is 396. The van der Waals surface area contributed by atoms with E-state index >= 15 is 0 Å². The number of nitro groups is 1. The van der Waals surface area contributed by atoms with Crippen LogP contribution in [-0.2, 0) is 0 Å². The number of carbonyl (C=O) groups is 1. The summed E-state index contributed by atoms with van der Waals surface area (Å²) in [6.07, 6.45) is 2.79. The minimum Gasteiger partial charge on any atom is -0.298 e. The van der Waals surface area contributed by atoms with Crippen molar-refractivity contribution < 1.29 is 9.72 Å². The highest BCUT2D eigenvalue weighted by molar-refractivity contribution is 5.81. The third-order valence-corrected chi connectivity index (χ3v) is 2.42. The molecule has 0 bridgehead atoms. The van der Waals surface area contributed by atoms with Gasteiger partial charge in [-0.05, 0) is 30.4 Å². The smallest absolute Gasteiger partial charge is 0.279 e. The van der Waals surface area contributed by atoms with Crippen molar-refractivity contribution in [1.29, 1.82) is 0 Å². The maximum atomic E-state index is 10.6. The van der Waals surface area contributed by atoms with Gasteiger partial charge in [-0.1, -0.05) is 6.07 Å². The summed E-state index contributed by atoms with van der Waals surface area (Å²) < 4.78 is 0. The molecule has 4 nitrogen and oxygen atoms in total. The predicted molar refractivity (Wildman–Crippen MR) is 50.5 cm³/mol. The Balaban J connectivity index is 2.43. The second kappa shape index (κ2) is 3.21. The second-order valence-corrected chi connectivity index (χ2v) is 3.47. The number of hydrogen-bond donors (Lipinski definition) is 0. The number of aldehydes is 1. The van der Waals surface area contributed by atoms with E-state index < -0.39 is 4.92 Å². The van der Waals surface area contributed by atoms with Crippen LogP contribution in [-0.4, -0.2) is 11.2 Å². The normalized spacial score (nSPS) is 15.1. The molecule has 1 aliphatic carbocycles. The molecule has 0 N–H and O–H groups in total. The molecule has 1 aromatic carbocycles. The van der Waals surface area contributed by atoms with Gasteiger partial charge in [-0.15, -0.1) is 0 Å². The lowest BCUT2D eigenvalue weighted by atomic mass is 10.1. The Morgan fingerprint density at radius 1 is 1.43 bits per heavy atom. The average molecular weight is 191 g/mol. The zero-order valence-electron chi connectivity index (χ0n) is 7.47. The van der Waals surface area contributed by atoms with Crippen LogP contribution in [0.5, 0.6) is 0 Å². The number of nitro benzene ring substituents is 1. The molecule has 1 aliphatic rings. The van der Waals surface area contributed by atoms with Crippen molar-refractivity contribution >= 4 is 12.0 Å². The van der Waals surface area contributed by atoms with E-state index in [-0.39, 0.29) is 11.3 Å². The Hall–Kier alpha value is -1.71. The largest absolute Gasteiger partial charge is 0.298 e. The molecule has 0 aliphatic heterocycles. The first-order valence-electron chi connectivity index (χ1n) is 4.46. The SMILES string of the molecule is O=Cc1cc(C2CC2)ccc1[N+](=O)[O-]. The van der Waals surface area contributed by atoms with E-state index in [9.17, 15) is 14.9 Å². The first kappa shape index (κ1) is 8.87. The van der Waals surface area contributed by atoms with Gasteiger partial charge in [0.25, 0.3) is 5.69 Å². The van der Waals surface area contributed by atoms with Crippen molar-refractivity contribution in [2.45, 2.75) is 18.8 Å². The van der Waals surface area contributed by atoms with Crippen LogP contribution < -0.4 is 0 Å². The Labute approximate surface area is 80.7 Å². The summed E-state index contributed by atoms with van der Waals surface area (Å²) in [4.78, 5) is 20.6. The average Bonchev–Trinajstić information content (AvgIpc) is 3.00. The molecule has 0 atom stereocenters. The molecule has 0 heterocycles. The van der Waals surface area contributed by atoms with E-state index in [1.165, 1.54) is 6.07 Å². The number of nitrogens with zero attached hydrogens (tertiary/aromatic N) is 1. The van der Waals surface area contributed by atoms with Crippen LogP contribution >= 0.6 is 0 Å². The first-order chi connectivity index (χ1) is 6.72. The van der Waals surface area contributed by atoms with Crippen LogP contribution in [0.4, 0.5) is 5.69 Å². The molecular formula is C10H9NO3. The molecule has 0 radical (unpaired) electrons. The molecule has 14 heavy (non-hydrogen) atoms. The van der Waals surface area contributed by atoms with Gasteiger partial charge in [-0.25, -0.2) is 0 Å². The lowest BCUT2D eigenvalue weighted by Gasteiger charge is -1.99. The fourth-order valence-electron chi connectivity index (χ4n) is 1.50. The van der Waals surface area contributed by atoms with Gasteiger partial charge in [0.15, 0.2) is 6.29 Å². The van der Waals surface area contributed by atoms with E-state index in [0.29, 0.717) is 12.2 Å². The van der Waals surface area contributed by atoms with Gasteiger partial charge in [0, 0.05) is 6.07 Å². The lowest BCUT2D eigenvalue weighted by molar-refractivity contribution is -0.385. The number of benzene rings is 1. The summed E-state index contributed by atoms with van der Waals surface area (Å²) in [7, 11) is 0. The highest BCUT2D eigenvalue weighted by Gasteiger charge is 2.25. The minimum atomic E-state index is -0.527. The summed E-state index contributed by atoms with van der Waals surface area (Å²) in [5, 5.41) is 10.5. The van der Waals surface area contributed by atoms with E-state index in [0.717, 1.165) is 18.4 Å². The summed E-state index contributed by atoms with van der Waals surface area (Å²) >= 11 is 0. The summed E-state index contributed by atoms with van der Waals surface area (Å²) in [5.41, 5.74) is 1.11. The first-order valence-corrected chi connectivity index (χ1v) is 4.46. The molecule has 1 fully saturated rings. The molecule has 1 saturated carbocycles. The van der Waals surface area contributed by atoms with E-state index in [1.807, 2.05) is 0 Å².